The Bertz CT molecular complexity index is 1250. The average molecular weight is 548 g/mol. The van der Waals surface area contributed by atoms with Crippen LogP contribution < -0.4 is 10.6 Å². The Morgan fingerprint density at radius 1 is 1.00 bits per heavy atom. The van der Waals surface area contributed by atoms with Crippen LogP contribution in [0.5, 0.6) is 0 Å². The smallest absolute Gasteiger partial charge is 0.250 e. The van der Waals surface area contributed by atoms with E-state index in [1.165, 1.54) is 0 Å². The summed E-state index contributed by atoms with van der Waals surface area (Å²) < 4.78 is 6.84. The predicted octanol–water partition coefficient (Wildman–Crippen LogP) is 3.88. The number of rotatable bonds is 11. The number of nitrogens with one attached hydrogen (secondary N) is 2. The van der Waals surface area contributed by atoms with E-state index >= 15 is 0 Å². The minimum absolute atomic E-state index is 0.0861. The molecule has 3 amide bonds. The summed E-state index contributed by atoms with van der Waals surface area (Å²) in [5.74, 6) is -2.03. The number of aryl methyl sites for hydroxylation is 2. The summed E-state index contributed by atoms with van der Waals surface area (Å²) >= 11 is 0. The number of amides is 3. The molecule has 2 unspecified atom stereocenters. The van der Waals surface area contributed by atoms with Gasteiger partial charge < -0.3 is 25.4 Å². The number of hydrogen-bond acceptors (Lipinski definition) is 5. The molecule has 0 radical (unpaired) electrons. The number of likely N-dealkylation sites (tertiary alicyclic amines) is 1. The zero-order valence-electron chi connectivity index (χ0n) is 23.7. The molecule has 2 aromatic carbocycles. The standard InChI is InChI=1S/C32H41N3O5/c1-4-31-16-17-32(40-31)25(24(31)28(37)33-20-23-14-7-5-8-15-23)30(39)35(18-9-6-10-19-36)27(32)29(38)34-26-21(2)12-11-13-22(26)3/h5,7-8,11-15,24-25,27,36H,4,6,9-10,16-20H2,1-3H3,(H,33,37)(H,34,38)/t24-,25-,27?,31+,32?/m0/s1. The first-order valence-corrected chi connectivity index (χ1v) is 14.6. The molecule has 2 bridgehead atoms. The van der Waals surface area contributed by atoms with E-state index in [1.54, 1.807) is 4.90 Å². The van der Waals surface area contributed by atoms with Gasteiger partial charge in [0.05, 0.1) is 17.4 Å². The van der Waals surface area contributed by atoms with Crippen molar-refractivity contribution in [1.29, 1.82) is 0 Å². The second kappa shape index (κ2) is 11.3. The number of aliphatic hydroxyl groups is 1. The third-order valence-electron chi connectivity index (χ3n) is 9.31. The molecule has 214 valence electrons. The number of anilines is 1. The molecule has 8 nitrogen and oxygen atoms in total. The highest BCUT2D eigenvalue weighted by molar-refractivity contribution is 6.04. The Morgan fingerprint density at radius 3 is 2.40 bits per heavy atom. The van der Waals surface area contributed by atoms with Crippen LogP contribution in [0.25, 0.3) is 0 Å². The number of hydrogen-bond donors (Lipinski definition) is 3. The summed E-state index contributed by atoms with van der Waals surface area (Å²) in [6.07, 6.45) is 3.80. The van der Waals surface area contributed by atoms with E-state index in [1.807, 2.05) is 69.3 Å². The summed E-state index contributed by atoms with van der Waals surface area (Å²) in [4.78, 5) is 43.9. The Balaban J connectivity index is 1.47. The summed E-state index contributed by atoms with van der Waals surface area (Å²) in [6.45, 7) is 6.73. The van der Waals surface area contributed by atoms with Gasteiger partial charge in [-0.25, -0.2) is 0 Å². The van der Waals surface area contributed by atoms with E-state index in [0.29, 0.717) is 45.2 Å². The zero-order valence-corrected chi connectivity index (χ0v) is 23.7. The van der Waals surface area contributed by atoms with Crippen LogP contribution in [0.15, 0.2) is 48.5 Å². The number of nitrogens with zero attached hydrogens (tertiary/aromatic N) is 1. The minimum Gasteiger partial charge on any atom is -0.396 e. The Morgan fingerprint density at radius 2 is 1.73 bits per heavy atom. The van der Waals surface area contributed by atoms with Crippen LogP contribution in [0, 0.1) is 25.7 Å². The van der Waals surface area contributed by atoms with Crippen LogP contribution >= 0.6 is 0 Å². The summed E-state index contributed by atoms with van der Waals surface area (Å²) in [6, 6.07) is 14.7. The van der Waals surface area contributed by atoms with Gasteiger partial charge in [0.1, 0.15) is 11.6 Å². The first kappa shape index (κ1) is 28.3. The first-order chi connectivity index (χ1) is 19.3. The molecule has 2 aromatic rings. The van der Waals surface area contributed by atoms with E-state index in [-0.39, 0.29) is 24.3 Å². The van der Waals surface area contributed by atoms with Crippen molar-refractivity contribution in [3.05, 3.63) is 65.2 Å². The average Bonchev–Trinajstić information content (AvgIpc) is 3.56. The summed E-state index contributed by atoms with van der Waals surface area (Å²) in [5, 5.41) is 15.5. The highest BCUT2D eigenvalue weighted by Crippen LogP contribution is 2.64. The monoisotopic (exact) mass is 547 g/mol. The second-order valence-corrected chi connectivity index (χ2v) is 11.6. The van der Waals surface area contributed by atoms with E-state index in [0.717, 1.165) is 28.8 Å². The predicted molar refractivity (Wildman–Crippen MR) is 152 cm³/mol. The number of benzene rings is 2. The van der Waals surface area contributed by atoms with Gasteiger partial charge in [-0.1, -0.05) is 55.5 Å². The number of unbranched alkanes of at least 4 members (excludes halogenated alkanes) is 2. The quantitative estimate of drug-likeness (QED) is 0.370. The number of fused-ring (bicyclic) bond motifs is 1. The third-order valence-corrected chi connectivity index (χ3v) is 9.31. The van der Waals surface area contributed by atoms with E-state index in [2.05, 4.69) is 10.6 Å². The van der Waals surface area contributed by atoms with Crippen LogP contribution in [0.1, 0.15) is 62.1 Å². The molecule has 3 heterocycles. The lowest BCUT2D eigenvalue weighted by Crippen LogP contribution is -2.53. The van der Waals surface area contributed by atoms with Crippen molar-refractivity contribution in [1.82, 2.24) is 10.2 Å². The maximum Gasteiger partial charge on any atom is 0.250 e. The van der Waals surface area contributed by atoms with Gasteiger partial charge in [-0.05, 0) is 69.1 Å². The third kappa shape index (κ3) is 4.71. The number of carbonyl (C=O) groups excluding carboxylic acids is 3. The largest absolute Gasteiger partial charge is 0.396 e. The van der Waals surface area contributed by atoms with E-state index < -0.39 is 29.1 Å². The first-order valence-electron chi connectivity index (χ1n) is 14.6. The molecule has 5 rings (SSSR count). The van der Waals surface area contributed by atoms with Gasteiger partial charge in [-0.15, -0.1) is 0 Å². The van der Waals surface area contributed by atoms with Crippen molar-refractivity contribution >= 4 is 23.4 Å². The number of ether oxygens (including phenoxy) is 1. The molecule has 3 N–H and O–H groups in total. The van der Waals surface area contributed by atoms with Crippen LogP contribution in [0.4, 0.5) is 5.69 Å². The minimum atomic E-state index is -1.06. The lowest BCUT2D eigenvalue weighted by molar-refractivity contribution is -0.146. The topological polar surface area (TPSA) is 108 Å². The molecule has 0 aromatic heterocycles. The van der Waals surface area contributed by atoms with Gasteiger partial charge in [0.15, 0.2) is 0 Å². The lowest BCUT2D eigenvalue weighted by Gasteiger charge is -2.34. The van der Waals surface area contributed by atoms with Gasteiger partial charge in [0.25, 0.3) is 0 Å². The van der Waals surface area contributed by atoms with Crippen molar-refractivity contribution in [3.63, 3.8) is 0 Å². The highest BCUT2D eigenvalue weighted by atomic mass is 16.5. The zero-order chi connectivity index (χ0) is 28.5. The Labute approximate surface area is 236 Å². The number of carbonyl (C=O) groups is 3. The molecule has 40 heavy (non-hydrogen) atoms. The Kier molecular flexibility index (Phi) is 8.02. The molecular formula is C32H41N3O5. The fourth-order valence-electron chi connectivity index (χ4n) is 7.33. The molecule has 3 fully saturated rings. The molecule has 8 heteroatoms. The maximum absolute atomic E-state index is 14.2. The van der Waals surface area contributed by atoms with Crippen LogP contribution in [-0.4, -0.2) is 58.1 Å². The van der Waals surface area contributed by atoms with Crippen LogP contribution in [-0.2, 0) is 25.7 Å². The number of aliphatic hydroxyl groups excluding tert-OH is 1. The lowest BCUT2D eigenvalue weighted by atomic mass is 9.65. The van der Waals surface area contributed by atoms with Crippen LogP contribution in [0.2, 0.25) is 0 Å². The fraction of sp³-hybridized carbons (Fsp3) is 0.531. The molecule has 0 saturated carbocycles. The van der Waals surface area contributed by atoms with E-state index in [4.69, 9.17) is 4.74 Å². The molecule has 3 saturated heterocycles. The normalized spacial score (nSPS) is 28.6. The van der Waals surface area contributed by atoms with Crippen molar-refractivity contribution in [2.24, 2.45) is 11.8 Å². The highest BCUT2D eigenvalue weighted by Gasteiger charge is 2.78. The van der Waals surface area contributed by atoms with Gasteiger partial charge in [0, 0.05) is 25.4 Å². The van der Waals surface area contributed by atoms with E-state index in [9.17, 15) is 19.5 Å². The molecular weight excluding hydrogens is 506 g/mol. The molecule has 3 aliphatic rings. The Hall–Kier alpha value is -3.23. The van der Waals surface area contributed by atoms with Crippen molar-refractivity contribution in [2.45, 2.75) is 83.1 Å². The van der Waals surface area contributed by atoms with Gasteiger partial charge in [-0.2, -0.15) is 0 Å². The van der Waals surface area contributed by atoms with Gasteiger partial charge in [-0.3, -0.25) is 14.4 Å². The summed E-state index contributed by atoms with van der Waals surface area (Å²) in [5.41, 5.74) is 1.78. The molecule has 1 spiro atoms. The molecule has 5 atom stereocenters. The molecule has 3 aliphatic heterocycles. The fourth-order valence-corrected chi connectivity index (χ4v) is 7.33. The SMILES string of the molecule is CC[C@]12CCC3(O1)C(C(=O)Nc1c(C)cccc1C)N(CCCCCO)C(=O)[C@@H]3[C@H]2C(=O)NCc1ccccc1. The van der Waals surface area contributed by atoms with Crippen molar-refractivity contribution < 1.29 is 24.2 Å². The molecule has 0 aliphatic carbocycles. The second-order valence-electron chi connectivity index (χ2n) is 11.6. The van der Waals surface area contributed by atoms with Crippen molar-refractivity contribution in [3.8, 4) is 0 Å². The number of para-hydroxylation sites is 1. The van der Waals surface area contributed by atoms with Crippen molar-refractivity contribution in [2.75, 3.05) is 18.5 Å². The van der Waals surface area contributed by atoms with Gasteiger partial charge in [0.2, 0.25) is 17.7 Å². The summed E-state index contributed by atoms with van der Waals surface area (Å²) in [7, 11) is 0. The maximum atomic E-state index is 14.2. The van der Waals surface area contributed by atoms with Gasteiger partial charge >= 0.3 is 0 Å². The van der Waals surface area contributed by atoms with Crippen LogP contribution in [0.3, 0.4) is 0 Å².